The number of methoxy groups -OCH3 is 1. The minimum Gasteiger partial charge on any atom is -0.495 e. The molecule has 0 atom stereocenters. The predicted molar refractivity (Wildman–Crippen MR) is 91.8 cm³/mol. The maximum absolute atomic E-state index is 12.7. The molecule has 2 aromatic rings. The number of aryl methyl sites for hydroxylation is 1. The number of ether oxygens (including phenoxy) is 1. The monoisotopic (exact) mass is 346 g/mol. The van der Waals surface area contributed by atoms with Crippen LogP contribution in [-0.2, 0) is 21.2 Å². The maximum Gasteiger partial charge on any atom is 0.262 e. The zero-order valence-electron chi connectivity index (χ0n) is 13.2. The van der Waals surface area contributed by atoms with Gasteiger partial charge in [0.25, 0.3) is 10.0 Å². The van der Waals surface area contributed by atoms with Crippen LogP contribution in [0.1, 0.15) is 18.4 Å². The minimum atomic E-state index is -3.75. The lowest BCUT2D eigenvalue weighted by Gasteiger charge is -2.13. The number of fused-ring (bicyclic) bond motifs is 1. The summed E-state index contributed by atoms with van der Waals surface area (Å²) in [5.41, 5.74) is 1.88. The Labute approximate surface area is 140 Å². The second-order valence-corrected chi connectivity index (χ2v) is 7.21. The fraction of sp³-hybridized carbons (Fsp3) is 0.235. The number of sulfonamides is 1. The van der Waals surface area contributed by atoms with Crippen LogP contribution in [0.5, 0.6) is 5.75 Å². The summed E-state index contributed by atoms with van der Waals surface area (Å²) < 4.78 is 33.0. The quantitative estimate of drug-likeness (QED) is 0.891. The lowest BCUT2D eigenvalue weighted by molar-refractivity contribution is -0.116. The zero-order chi connectivity index (χ0) is 17.2. The van der Waals surface area contributed by atoms with E-state index in [1.807, 2.05) is 0 Å². The van der Waals surface area contributed by atoms with Crippen molar-refractivity contribution in [1.82, 2.24) is 0 Å². The van der Waals surface area contributed by atoms with Gasteiger partial charge in [0.05, 0.1) is 17.7 Å². The van der Waals surface area contributed by atoms with E-state index in [1.54, 1.807) is 36.4 Å². The van der Waals surface area contributed by atoms with Gasteiger partial charge in [-0.2, -0.15) is 0 Å². The Morgan fingerprint density at radius 1 is 1.12 bits per heavy atom. The van der Waals surface area contributed by atoms with Gasteiger partial charge in [0, 0.05) is 12.1 Å². The molecule has 0 saturated carbocycles. The van der Waals surface area contributed by atoms with E-state index in [4.69, 9.17) is 4.74 Å². The number of benzene rings is 2. The number of carbonyl (C=O) groups is 1. The highest BCUT2D eigenvalue weighted by atomic mass is 32.2. The van der Waals surface area contributed by atoms with Crippen LogP contribution in [0.25, 0.3) is 0 Å². The standard InChI is InChI=1S/C17H18N2O4S/c1-23-16-7-3-2-6-15(16)19-24(21,22)13-9-10-14-12(11-13)5-4-8-17(20)18-14/h2-3,6-7,9-11,19H,4-5,8H2,1H3,(H,18,20). The summed E-state index contributed by atoms with van der Waals surface area (Å²) in [4.78, 5) is 11.7. The lowest BCUT2D eigenvalue weighted by atomic mass is 10.1. The predicted octanol–water partition coefficient (Wildman–Crippen LogP) is 2.77. The molecule has 0 saturated heterocycles. The molecular weight excluding hydrogens is 328 g/mol. The van der Waals surface area contributed by atoms with E-state index in [0.717, 1.165) is 5.56 Å². The van der Waals surface area contributed by atoms with Crippen LogP contribution in [0.4, 0.5) is 11.4 Å². The van der Waals surface area contributed by atoms with Crippen molar-refractivity contribution in [2.24, 2.45) is 0 Å². The van der Waals surface area contributed by atoms with Crippen molar-refractivity contribution in [3.63, 3.8) is 0 Å². The Morgan fingerprint density at radius 3 is 2.71 bits per heavy atom. The van der Waals surface area contributed by atoms with Crippen molar-refractivity contribution in [3.8, 4) is 5.75 Å². The smallest absolute Gasteiger partial charge is 0.262 e. The summed E-state index contributed by atoms with van der Waals surface area (Å²) in [6, 6.07) is 11.6. The summed E-state index contributed by atoms with van der Waals surface area (Å²) >= 11 is 0. The summed E-state index contributed by atoms with van der Waals surface area (Å²) in [5, 5.41) is 2.79. The molecule has 0 spiro atoms. The SMILES string of the molecule is COc1ccccc1NS(=O)(=O)c1ccc2c(c1)CCCC(=O)N2. The number of amides is 1. The number of nitrogens with one attached hydrogen (secondary N) is 2. The number of para-hydroxylation sites is 2. The highest BCUT2D eigenvalue weighted by molar-refractivity contribution is 7.92. The Morgan fingerprint density at radius 2 is 1.92 bits per heavy atom. The number of hydrogen-bond donors (Lipinski definition) is 2. The van der Waals surface area contributed by atoms with E-state index < -0.39 is 10.0 Å². The minimum absolute atomic E-state index is 0.0449. The van der Waals surface area contributed by atoms with Crippen LogP contribution in [0, 0.1) is 0 Å². The number of hydrogen-bond acceptors (Lipinski definition) is 4. The van der Waals surface area contributed by atoms with Gasteiger partial charge in [-0.05, 0) is 48.7 Å². The molecule has 2 aromatic carbocycles. The first-order valence-electron chi connectivity index (χ1n) is 7.58. The van der Waals surface area contributed by atoms with Crippen molar-refractivity contribution in [3.05, 3.63) is 48.0 Å². The Kier molecular flexibility index (Phi) is 4.44. The fourth-order valence-corrected chi connectivity index (χ4v) is 3.77. The third-order valence-corrected chi connectivity index (χ3v) is 5.23. The van der Waals surface area contributed by atoms with Gasteiger partial charge in [0.2, 0.25) is 5.91 Å². The van der Waals surface area contributed by atoms with Crippen molar-refractivity contribution in [2.75, 3.05) is 17.1 Å². The average Bonchev–Trinajstić information content (AvgIpc) is 2.74. The Balaban J connectivity index is 1.93. The molecule has 0 fully saturated rings. The van der Waals surface area contributed by atoms with Crippen molar-refractivity contribution in [2.45, 2.75) is 24.2 Å². The first-order chi connectivity index (χ1) is 11.5. The molecule has 1 aliphatic rings. The molecule has 0 aliphatic carbocycles. The molecule has 1 heterocycles. The van der Waals surface area contributed by atoms with E-state index in [0.29, 0.717) is 36.4 Å². The highest BCUT2D eigenvalue weighted by Crippen LogP contribution is 2.29. The summed E-state index contributed by atoms with van der Waals surface area (Å²) in [6.45, 7) is 0. The molecule has 1 amide bonds. The van der Waals surface area contributed by atoms with Gasteiger partial charge in [-0.3, -0.25) is 9.52 Å². The van der Waals surface area contributed by atoms with E-state index in [2.05, 4.69) is 10.0 Å². The average molecular weight is 346 g/mol. The van der Waals surface area contributed by atoms with E-state index in [-0.39, 0.29) is 10.8 Å². The lowest BCUT2D eigenvalue weighted by Crippen LogP contribution is -2.14. The van der Waals surface area contributed by atoms with Crippen LogP contribution in [0.2, 0.25) is 0 Å². The molecule has 3 rings (SSSR count). The first-order valence-corrected chi connectivity index (χ1v) is 9.06. The Hall–Kier alpha value is -2.54. The summed E-state index contributed by atoms with van der Waals surface area (Å²) in [5.74, 6) is 0.402. The maximum atomic E-state index is 12.7. The molecule has 2 N–H and O–H groups in total. The van der Waals surface area contributed by atoms with Crippen molar-refractivity contribution < 1.29 is 17.9 Å². The van der Waals surface area contributed by atoms with Crippen LogP contribution in [0.15, 0.2) is 47.4 Å². The molecule has 0 bridgehead atoms. The highest BCUT2D eigenvalue weighted by Gasteiger charge is 2.20. The largest absolute Gasteiger partial charge is 0.495 e. The fourth-order valence-electron chi connectivity index (χ4n) is 2.65. The number of carbonyl (C=O) groups excluding carboxylic acids is 1. The van der Waals surface area contributed by atoms with Crippen LogP contribution < -0.4 is 14.8 Å². The zero-order valence-corrected chi connectivity index (χ0v) is 14.0. The third-order valence-electron chi connectivity index (χ3n) is 3.86. The molecule has 24 heavy (non-hydrogen) atoms. The molecular formula is C17H18N2O4S. The topological polar surface area (TPSA) is 84.5 Å². The third kappa shape index (κ3) is 3.35. The van der Waals surface area contributed by atoms with Crippen LogP contribution in [0.3, 0.4) is 0 Å². The molecule has 0 aromatic heterocycles. The van der Waals surface area contributed by atoms with E-state index >= 15 is 0 Å². The first kappa shape index (κ1) is 16.3. The van der Waals surface area contributed by atoms with E-state index in [9.17, 15) is 13.2 Å². The van der Waals surface area contributed by atoms with Gasteiger partial charge >= 0.3 is 0 Å². The molecule has 126 valence electrons. The second kappa shape index (κ2) is 6.52. The normalized spacial score (nSPS) is 14.3. The van der Waals surface area contributed by atoms with Gasteiger partial charge in [0.15, 0.2) is 0 Å². The molecule has 0 radical (unpaired) electrons. The molecule has 1 aliphatic heterocycles. The second-order valence-electron chi connectivity index (χ2n) is 5.53. The van der Waals surface area contributed by atoms with Crippen molar-refractivity contribution >= 4 is 27.3 Å². The van der Waals surface area contributed by atoms with Gasteiger partial charge < -0.3 is 10.1 Å². The van der Waals surface area contributed by atoms with Gasteiger partial charge in [-0.25, -0.2) is 8.42 Å². The molecule has 6 nitrogen and oxygen atoms in total. The van der Waals surface area contributed by atoms with Crippen LogP contribution >= 0.6 is 0 Å². The van der Waals surface area contributed by atoms with Crippen LogP contribution in [-0.4, -0.2) is 21.4 Å². The Bertz CT molecular complexity index is 878. The molecule has 7 heteroatoms. The number of anilines is 2. The van der Waals surface area contributed by atoms with E-state index in [1.165, 1.54) is 13.2 Å². The van der Waals surface area contributed by atoms with Gasteiger partial charge in [0.1, 0.15) is 5.75 Å². The van der Waals surface area contributed by atoms with Gasteiger partial charge in [-0.1, -0.05) is 12.1 Å². The summed E-state index contributed by atoms with van der Waals surface area (Å²) in [7, 11) is -2.26. The molecule has 0 unspecified atom stereocenters. The van der Waals surface area contributed by atoms with Crippen molar-refractivity contribution in [1.29, 1.82) is 0 Å². The van der Waals surface area contributed by atoms with Gasteiger partial charge in [-0.15, -0.1) is 0 Å². The number of rotatable bonds is 4. The summed E-state index contributed by atoms with van der Waals surface area (Å²) in [6.07, 6.45) is 1.80.